The van der Waals surface area contributed by atoms with Crippen LogP contribution in [-0.4, -0.2) is 22.7 Å². The van der Waals surface area contributed by atoms with Crippen LogP contribution in [0, 0.1) is 6.92 Å². The average Bonchev–Trinajstić information content (AvgIpc) is 3.12. The first-order valence-corrected chi connectivity index (χ1v) is 9.01. The van der Waals surface area contributed by atoms with Gasteiger partial charge in [-0.2, -0.15) is 0 Å². The maximum atomic E-state index is 12.9. The van der Waals surface area contributed by atoms with E-state index in [-0.39, 0.29) is 5.91 Å². The predicted octanol–water partition coefficient (Wildman–Crippen LogP) is 4.85. The van der Waals surface area contributed by atoms with E-state index in [1.165, 1.54) is 0 Å². The van der Waals surface area contributed by atoms with Crippen LogP contribution in [0.2, 0.25) is 0 Å². The van der Waals surface area contributed by atoms with E-state index in [0.717, 1.165) is 22.2 Å². The first-order chi connectivity index (χ1) is 13.6. The maximum Gasteiger partial charge on any atom is 0.257 e. The fourth-order valence-electron chi connectivity index (χ4n) is 3.03. The number of amides is 1. The van der Waals surface area contributed by atoms with Crippen molar-refractivity contribution in [1.29, 1.82) is 0 Å². The van der Waals surface area contributed by atoms with Crippen LogP contribution in [0.25, 0.3) is 22.2 Å². The van der Waals surface area contributed by atoms with Gasteiger partial charge >= 0.3 is 0 Å². The number of anilines is 1. The molecule has 2 aromatic heterocycles. The number of ether oxygens (including phenoxy) is 1. The molecule has 4 rings (SSSR count). The molecule has 140 valence electrons. The van der Waals surface area contributed by atoms with Gasteiger partial charge in [-0.25, -0.2) is 4.98 Å². The molecule has 6 nitrogen and oxygen atoms in total. The highest BCUT2D eigenvalue weighted by Gasteiger charge is 2.15. The van der Waals surface area contributed by atoms with Crippen LogP contribution in [0.3, 0.4) is 0 Å². The van der Waals surface area contributed by atoms with Gasteiger partial charge in [0, 0.05) is 17.0 Å². The summed E-state index contributed by atoms with van der Waals surface area (Å²) in [5.74, 6) is 1.50. The highest BCUT2D eigenvalue weighted by atomic mass is 16.5. The second-order valence-corrected chi connectivity index (χ2v) is 6.31. The van der Waals surface area contributed by atoms with E-state index in [1.807, 2.05) is 55.5 Å². The second kappa shape index (κ2) is 7.52. The zero-order chi connectivity index (χ0) is 19.5. The molecule has 4 aromatic rings. The summed E-state index contributed by atoms with van der Waals surface area (Å²) in [7, 11) is 0. The van der Waals surface area contributed by atoms with Crippen LogP contribution in [0.15, 0.2) is 65.2 Å². The molecular formula is C22H19N3O3. The van der Waals surface area contributed by atoms with Crippen molar-refractivity contribution < 1.29 is 14.1 Å². The van der Waals surface area contributed by atoms with Gasteiger partial charge in [-0.05, 0) is 38.1 Å². The minimum atomic E-state index is -0.269. The van der Waals surface area contributed by atoms with E-state index in [1.54, 1.807) is 19.1 Å². The number of rotatable bonds is 5. The van der Waals surface area contributed by atoms with Crippen molar-refractivity contribution in [2.75, 3.05) is 11.9 Å². The largest absolute Gasteiger partial charge is 0.494 e. The molecule has 0 spiro atoms. The first-order valence-electron chi connectivity index (χ1n) is 9.01. The van der Waals surface area contributed by atoms with Crippen LogP contribution in [-0.2, 0) is 0 Å². The average molecular weight is 373 g/mol. The van der Waals surface area contributed by atoms with Crippen molar-refractivity contribution in [3.63, 3.8) is 0 Å². The molecule has 0 radical (unpaired) electrons. The minimum Gasteiger partial charge on any atom is -0.494 e. The molecule has 0 fully saturated rings. The number of pyridine rings is 1. The van der Waals surface area contributed by atoms with Crippen molar-refractivity contribution in [1.82, 2.24) is 10.1 Å². The number of aromatic nitrogens is 2. The molecule has 2 aromatic carbocycles. The maximum absolute atomic E-state index is 12.9. The Morgan fingerprint density at radius 1 is 1.11 bits per heavy atom. The van der Waals surface area contributed by atoms with Crippen molar-refractivity contribution in [3.05, 3.63) is 72.0 Å². The number of hydrogen-bond acceptors (Lipinski definition) is 5. The number of para-hydroxylation sites is 1. The molecule has 2 heterocycles. The summed E-state index contributed by atoms with van der Waals surface area (Å²) in [6.45, 7) is 4.29. The van der Waals surface area contributed by atoms with Gasteiger partial charge < -0.3 is 14.6 Å². The highest BCUT2D eigenvalue weighted by Crippen LogP contribution is 2.28. The molecule has 0 unspecified atom stereocenters. The normalized spacial score (nSPS) is 10.8. The number of hydrogen-bond donors (Lipinski definition) is 1. The smallest absolute Gasteiger partial charge is 0.257 e. The van der Waals surface area contributed by atoms with E-state index < -0.39 is 0 Å². The van der Waals surface area contributed by atoms with Crippen LogP contribution in [0.5, 0.6) is 5.75 Å². The molecular weight excluding hydrogens is 354 g/mol. The summed E-state index contributed by atoms with van der Waals surface area (Å²) >= 11 is 0. The molecule has 0 atom stereocenters. The van der Waals surface area contributed by atoms with Crippen LogP contribution in [0.1, 0.15) is 23.0 Å². The third-order valence-electron chi connectivity index (χ3n) is 4.27. The van der Waals surface area contributed by atoms with Crippen molar-refractivity contribution in [2.24, 2.45) is 0 Å². The van der Waals surface area contributed by atoms with E-state index in [9.17, 15) is 4.79 Å². The summed E-state index contributed by atoms with van der Waals surface area (Å²) in [4.78, 5) is 17.7. The van der Waals surface area contributed by atoms with E-state index in [4.69, 9.17) is 14.2 Å². The number of fused-ring (bicyclic) bond motifs is 1. The SMILES string of the molecule is CCOc1cccc(-c2cc(C(=O)Nc3cc(C)on3)c3ccccc3n2)c1. The highest BCUT2D eigenvalue weighted by molar-refractivity contribution is 6.12. The lowest BCUT2D eigenvalue weighted by atomic mass is 10.0. The molecule has 0 saturated heterocycles. The molecule has 1 amide bonds. The van der Waals surface area contributed by atoms with Gasteiger partial charge in [0.15, 0.2) is 5.82 Å². The summed E-state index contributed by atoms with van der Waals surface area (Å²) in [5, 5.41) is 7.39. The monoisotopic (exact) mass is 373 g/mol. The Bertz CT molecular complexity index is 1150. The number of benzene rings is 2. The van der Waals surface area contributed by atoms with Gasteiger partial charge in [-0.3, -0.25) is 4.79 Å². The molecule has 0 aliphatic carbocycles. The fourth-order valence-corrected chi connectivity index (χ4v) is 3.03. The third-order valence-corrected chi connectivity index (χ3v) is 4.27. The van der Waals surface area contributed by atoms with Crippen molar-refractivity contribution >= 4 is 22.6 Å². The second-order valence-electron chi connectivity index (χ2n) is 6.31. The molecule has 1 N–H and O–H groups in total. The quantitative estimate of drug-likeness (QED) is 0.541. The number of carbonyl (C=O) groups excluding carboxylic acids is 1. The molecule has 0 aliphatic rings. The number of nitrogens with zero attached hydrogens (tertiary/aromatic N) is 2. The third kappa shape index (κ3) is 3.57. The van der Waals surface area contributed by atoms with Crippen molar-refractivity contribution in [2.45, 2.75) is 13.8 Å². The fraction of sp³-hybridized carbons (Fsp3) is 0.136. The molecule has 0 aliphatic heterocycles. The van der Waals surface area contributed by atoms with E-state index in [0.29, 0.717) is 29.4 Å². The lowest BCUT2D eigenvalue weighted by molar-refractivity contribution is 0.102. The van der Waals surface area contributed by atoms with Gasteiger partial charge in [-0.15, -0.1) is 0 Å². The lowest BCUT2D eigenvalue weighted by Gasteiger charge is -2.10. The van der Waals surface area contributed by atoms with Crippen LogP contribution < -0.4 is 10.1 Å². The zero-order valence-electron chi connectivity index (χ0n) is 15.6. The minimum absolute atomic E-state index is 0.269. The number of aryl methyl sites for hydroxylation is 1. The Morgan fingerprint density at radius 2 is 1.96 bits per heavy atom. The summed E-state index contributed by atoms with van der Waals surface area (Å²) in [6, 6.07) is 18.7. The van der Waals surface area contributed by atoms with E-state index >= 15 is 0 Å². The Morgan fingerprint density at radius 3 is 2.75 bits per heavy atom. The zero-order valence-corrected chi connectivity index (χ0v) is 15.6. The standard InChI is InChI=1S/C22H19N3O3/c1-3-27-16-8-6-7-15(12-16)20-13-18(17-9-4-5-10-19(17)23-20)22(26)24-21-11-14(2)28-25-21/h4-13H,3H2,1-2H3,(H,24,25,26). The lowest BCUT2D eigenvalue weighted by Crippen LogP contribution is -2.13. The Hall–Kier alpha value is -3.67. The topological polar surface area (TPSA) is 77.2 Å². The Balaban J connectivity index is 1.79. The predicted molar refractivity (Wildman–Crippen MR) is 108 cm³/mol. The molecule has 28 heavy (non-hydrogen) atoms. The Labute approximate surface area is 162 Å². The van der Waals surface area contributed by atoms with Crippen LogP contribution in [0.4, 0.5) is 5.82 Å². The molecule has 0 saturated carbocycles. The number of carbonyl (C=O) groups is 1. The summed E-state index contributed by atoms with van der Waals surface area (Å²) in [6.07, 6.45) is 0. The molecule has 0 bridgehead atoms. The number of nitrogens with one attached hydrogen (secondary N) is 1. The Kier molecular flexibility index (Phi) is 4.76. The van der Waals surface area contributed by atoms with Gasteiger partial charge in [0.25, 0.3) is 5.91 Å². The summed E-state index contributed by atoms with van der Waals surface area (Å²) < 4.78 is 10.6. The van der Waals surface area contributed by atoms with Gasteiger partial charge in [0.1, 0.15) is 11.5 Å². The van der Waals surface area contributed by atoms with Gasteiger partial charge in [0.05, 0.1) is 23.4 Å². The first kappa shape index (κ1) is 17.7. The van der Waals surface area contributed by atoms with E-state index in [2.05, 4.69) is 10.5 Å². The van der Waals surface area contributed by atoms with Gasteiger partial charge in [-0.1, -0.05) is 35.5 Å². The summed E-state index contributed by atoms with van der Waals surface area (Å²) in [5.41, 5.74) is 2.83. The van der Waals surface area contributed by atoms with Crippen LogP contribution >= 0.6 is 0 Å². The van der Waals surface area contributed by atoms with Gasteiger partial charge in [0.2, 0.25) is 0 Å². The van der Waals surface area contributed by atoms with Crippen molar-refractivity contribution in [3.8, 4) is 17.0 Å². The molecule has 6 heteroatoms.